The maximum absolute atomic E-state index is 12.6. The highest BCUT2D eigenvalue weighted by molar-refractivity contribution is 5.83. The molecule has 2 fully saturated rings. The van der Waals surface area contributed by atoms with Crippen LogP contribution < -0.4 is 22.2 Å². The van der Waals surface area contributed by atoms with E-state index in [0.717, 1.165) is 25.2 Å². The monoisotopic (exact) mass is 439 g/mol. The Hall–Kier alpha value is -1.71. The molecule has 2 saturated carbocycles. The Morgan fingerprint density at radius 3 is 2.48 bits per heavy atom. The van der Waals surface area contributed by atoms with E-state index in [2.05, 4.69) is 10.7 Å². The van der Waals surface area contributed by atoms with Crippen LogP contribution in [0.2, 0.25) is 0 Å². The number of amides is 2. The number of likely N-dealkylation sites (N-methyl/N-ethyl adjacent to an activating group) is 1. The first-order valence-electron chi connectivity index (χ1n) is 11.8. The molecule has 0 saturated heterocycles. The van der Waals surface area contributed by atoms with Crippen molar-refractivity contribution in [1.29, 1.82) is 0 Å². The van der Waals surface area contributed by atoms with Gasteiger partial charge in [-0.25, -0.2) is 5.01 Å². The molecule has 2 aliphatic carbocycles. The van der Waals surface area contributed by atoms with E-state index < -0.39 is 12.0 Å². The lowest BCUT2D eigenvalue weighted by molar-refractivity contribution is -0.139. The molecule has 9 nitrogen and oxygen atoms in total. The summed E-state index contributed by atoms with van der Waals surface area (Å²) in [6.45, 7) is 0.216. The van der Waals surface area contributed by atoms with Crippen molar-refractivity contribution in [3.8, 4) is 0 Å². The fourth-order valence-electron chi connectivity index (χ4n) is 4.74. The molecule has 0 aliphatic heterocycles. The van der Waals surface area contributed by atoms with Crippen molar-refractivity contribution in [2.45, 2.75) is 82.7 Å². The molecule has 2 amide bonds. The fourth-order valence-corrected chi connectivity index (χ4v) is 4.74. The van der Waals surface area contributed by atoms with Crippen LogP contribution in [-0.4, -0.2) is 60.1 Å². The molecule has 31 heavy (non-hydrogen) atoms. The molecule has 2 rings (SSSR count). The first-order valence-corrected chi connectivity index (χ1v) is 11.8. The first-order chi connectivity index (χ1) is 14.8. The fraction of sp³-hybridized carbons (Fsp3) is 0.864. The zero-order valence-electron chi connectivity index (χ0n) is 18.9. The second-order valence-electron chi connectivity index (χ2n) is 9.39. The van der Waals surface area contributed by atoms with E-state index in [1.54, 1.807) is 0 Å². The summed E-state index contributed by atoms with van der Waals surface area (Å²) in [5.41, 5.74) is 14.4. The number of nitrogens with two attached hydrogens (primary N) is 2. The average Bonchev–Trinajstić information content (AvgIpc) is 3.50. The lowest BCUT2D eigenvalue weighted by atomic mass is 9.85. The summed E-state index contributed by atoms with van der Waals surface area (Å²) in [5, 5.41) is 13.0. The van der Waals surface area contributed by atoms with E-state index in [4.69, 9.17) is 16.6 Å². The normalized spacial score (nSPS) is 23.2. The predicted molar refractivity (Wildman–Crippen MR) is 119 cm³/mol. The lowest BCUT2D eigenvalue weighted by Gasteiger charge is -2.23. The van der Waals surface area contributed by atoms with Crippen molar-refractivity contribution in [1.82, 2.24) is 15.8 Å². The summed E-state index contributed by atoms with van der Waals surface area (Å²) in [5.74, 6) is -0.309. The van der Waals surface area contributed by atoms with Gasteiger partial charge < -0.3 is 21.9 Å². The Labute approximate surface area is 185 Å². The number of hydrogen-bond donors (Lipinski definition) is 5. The smallest absolute Gasteiger partial charge is 0.319 e. The summed E-state index contributed by atoms with van der Waals surface area (Å²) >= 11 is 0. The molecule has 0 unspecified atom stereocenters. The van der Waals surface area contributed by atoms with Gasteiger partial charge in [0.2, 0.25) is 11.8 Å². The van der Waals surface area contributed by atoms with Crippen LogP contribution in [-0.2, 0) is 14.4 Å². The summed E-state index contributed by atoms with van der Waals surface area (Å²) in [7, 11) is 1.49. The molecule has 4 atom stereocenters. The van der Waals surface area contributed by atoms with Crippen LogP contribution in [0.4, 0.5) is 0 Å². The molecule has 0 bridgehead atoms. The van der Waals surface area contributed by atoms with Gasteiger partial charge in [0.15, 0.2) is 0 Å². The SMILES string of the molecule is CN(CC(=O)O)NC(=O)C[C@@H](NC(=O)[C@@H](N)CCCCC1CCCCC1)[C@H]1C[C@H]1CN. The van der Waals surface area contributed by atoms with E-state index in [9.17, 15) is 14.4 Å². The van der Waals surface area contributed by atoms with Crippen molar-refractivity contribution >= 4 is 17.8 Å². The van der Waals surface area contributed by atoms with Gasteiger partial charge in [-0.1, -0.05) is 51.4 Å². The Balaban J connectivity index is 1.75. The van der Waals surface area contributed by atoms with E-state index >= 15 is 0 Å². The van der Waals surface area contributed by atoms with Gasteiger partial charge in [-0.2, -0.15) is 0 Å². The van der Waals surface area contributed by atoms with Crippen LogP contribution in [0.3, 0.4) is 0 Å². The van der Waals surface area contributed by atoms with Crippen LogP contribution in [0.15, 0.2) is 0 Å². The summed E-state index contributed by atoms with van der Waals surface area (Å²) in [6.07, 6.45) is 11.6. The minimum Gasteiger partial charge on any atom is -0.480 e. The second-order valence-corrected chi connectivity index (χ2v) is 9.39. The number of nitrogens with one attached hydrogen (secondary N) is 2. The predicted octanol–water partition coefficient (Wildman–Crippen LogP) is 0.972. The van der Waals surface area contributed by atoms with Gasteiger partial charge in [-0.3, -0.25) is 19.8 Å². The van der Waals surface area contributed by atoms with Gasteiger partial charge >= 0.3 is 5.97 Å². The second kappa shape index (κ2) is 13.0. The number of hydrogen-bond acceptors (Lipinski definition) is 6. The number of aliphatic carboxylic acids is 1. The van der Waals surface area contributed by atoms with Crippen LogP contribution in [0, 0.1) is 17.8 Å². The number of nitrogens with zero attached hydrogens (tertiary/aromatic N) is 1. The molecule has 0 aromatic carbocycles. The van der Waals surface area contributed by atoms with Crippen molar-refractivity contribution in [3.63, 3.8) is 0 Å². The van der Waals surface area contributed by atoms with E-state index in [-0.39, 0.29) is 36.7 Å². The minimum absolute atomic E-state index is 0.0747. The van der Waals surface area contributed by atoms with Crippen molar-refractivity contribution < 1.29 is 19.5 Å². The number of carboxylic acids is 1. The number of rotatable bonds is 14. The Morgan fingerprint density at radius 1 is 1.16 bits per heavy atom. The Morgan fingerprint density at radius 2 is 1.87 bits per heavy atom. The third-order valence-electron chi connectivity index (χ3n) is 6.66. The number of carbonyl (C=O) groups is 3. The molecule has 0 spiro atoms. The number of carboxylic acid groups (broad SMARTS) is 1. The molecule has 178 valence electrons. The lowest BCUT2D eigenvalue weighted by Crippen LogP contribution is -2.50. The summed E-state index contributed by atoms with van der Waals surface area (Å²) < 4.78 is 0. The molecular weight excluding hydrogens is 398 g/mol. The van der Waals surface area contributed by atoms with Gasteiger partial charge in [-0.05, 0) is 37.1 Å². The molecule has 7 N–H and O–H groups in total. The van der Waals surface area contributed by atoms with Crippen LogP contribution in [0.25, 0.3) is 0 Å². The van der Waals surface area contributed by atoms with Crippen molar-refractivity contribution in [3.05, 3.63) is 0 Å². The highest BCUT2D eigenvalue weighted by atomic mass is 16.4. The first kappa shape index (κ1) is 25.5. The van der Waals surface area contributed by atoms with Crippen LogP contribution in [0.1, 0.15) is 70.6 Å². The maximum Gasteiger partial charge on any atom is 0.319 e. The van der Waals surface area contributed by atoms with Crippen LogP contribution in [0.5, 0.6) is 0 Å². The molecular formula is C22H41N5O4. The Kier molecular flexibility index (Phi) is 10.7. The van der Waals surface area contributed by atoms with Crippen LogP contribution >= 0.6 is 0 Å². The van der Waals surface area contributed by atoms with E-state index in [1.807, 2.05) is 0 Å². The average molecular weight is 440 g/mol. The van der Waals surface area contributed by atoms with Gasteiger partial charge in [0.05, 0.1) is 6.04 Å². The zero-order valence-corrected chi connectivity index (χ0v) is 18.9. The minimum atomic E-state index is -1.03. The van der Waals surface area contributed by atoms with Crippen molar-refractivity contribution in [2.75, 3.05) is 20.1 Å². The molecule has 0 aromatic heterocycles. The van der Waals surface area contributed by atoms with E-state index in [1.165, 1.54) is 50.6 Å². The third kappa shape index (κ3) is 9.53. The van der Waals surface area contributed by atoms with Gasteiger partial charge in [0.1, 0.15) is 6.54 Å². The molecule has 2 aliphatic rings. The number of carbonyl (C=O) groups excluding carboxylic acids is 2. The maximum atomic E-state index is 12.6. The summed E-state index contributed by atoms with van der Waals surface area (Å²) in [6, 6.07) is -0.922. The Bertz CT molecular complexity index is 596. The highest BCUT2D eigenvalue weighted by Crippen LogP contribution is 2.41. The highest BCUT2D eigenvalue weighted by Gasteiger charge is 2.43. The molecule has 0 radical (unpaired) electrons. The quantitative estimate of drug-likeness (QED) is 0.200. The van der Waals surface area contributed by atoms with Crippen molar-refractivity contribution in [2.24, 2.45) is 29.2 Å². The van der Waals surface area contributed by atoms with Gasteiger partial charge in [0.25, 0.3) is 0 Å². The van der Waals surface area contributed by atoms with Gasteiger partial charge in [0, 0.05) is 19.5 Å². The van der Waals surface area contributed by atoms with Gasteiger partial charge in [-0.15, -0.1) is 0 Å². The summed E-state index contributed by atoms with van der Waals surface area (Å²) in [4.78, 5) is 35.7. The molecule has 0 heterocycles. The number of unbranched alkanes of at least 4 members (excludes halogenated alkanes) is 1. The largest absolute Gasteiger partial charge is 0.480 e. The molecule has 9 heteroatoms. The number of hydrazine groups is 1. The van der Waals surface area contributed by atoms with E-state index in [0.29, 0.717) is 18.9 Å². The molecule has 0 aromatic rings. The zero-order chi connectivity index (χ0) is 22.8. The third-order valence-corrected chi connectivity index (χ3v) is 6.66. The standard InChI is InChI=1S/C22H41N5O4/c1-27(14-21(29)30)26-20(28)12-19(17-11-16(17)13-23)25-22(31)18(24)10-6-5-9-15-7-3-2-4-8-15/h15-19H,2-14,23-24H2,1H3,(H,25,31)(H,26,28)(H,29,30)/t16-,17-,18-,19+/m0/s1. The topological polar surface area (TPSA) is 151 Å².